The molecule has 0 bridgehead atoms. The predicted octanol–water partition coefficient (Wildman–Crippen LogP) is -0.293. The summed E-state index contributed by atoms with van der Waals surface area (Å²) in [5.74, 6) is 0.454. The van der Waals surface area contributed by atoms with Crippen molar-refractivity contribution in [2.75, 3.05) is 26.3 Å². The van der Waals surface area contributed by atoms with Crippen molar-refractivity contribution < 1.29 is 15.0 Å². The van der Waals surface area contributed by atoms with Crippen LogP contribution in [-0.2, 0) is 4.79 Å². The fourth-order valence-corrected chi connectivity index (χ4v) is 2.37. The SMILES string of the molecule is NC1CCC(CC(=O)N(CCO)CCO)CC1. The van der Waals surface area contributed by atoms with Crippen LogP contribution in [0.2, 0.25) is 0 Å². The summed E-state index contributed by atoms with van der Waals surface area (Å²) in [6.07, 6.45) is 4.54. The predicted molar refractivity (Wildman–Crippen MR) is 65.3 cm³/mol. The molecule has 1 aliphatic rings. The van der Waals surface area contributed by atoms with Crippen LogP contribution in [0.25, 0.3) is 0 Å². The molecule has 1 aliphatic carbocycles. The average Bonchev–Trinajstić information content (AvgIpc) is 2.32. The molecule has 4 N–H and O–H groups in total. The number of nitrogens with two attached hydrogens (primary N) is 1. The Bertz CT molecular complexity index is 222. The second kappa shape index (κ2) is 7.63. The molecule has 5 heteroatoms. The summed E-state index contributed by atoms with van der Waals surface area (Å²) in [5.41, 5.74) is 5.82. The first-order valence-corrected chi connectivity index (χ1v) is 6.42. The summed E-state index contributed by atoms with van der Waals surface area (Å²) >= 11 is 0. The van der Waals surface area contributed by atoms with Gasteiger partial charge in [0.05, 0.1) is 13.2 Å². The first-order valence-electron chi connectivity index (χ1n) is 6.42. The van der Waals surface area contributed by atoms with Gasteiger partial charge in [0.25, 0.3) is 0 Å². The minimum Gasteiger partial charge on any atom is -0.395 e. The Hall–Kier alpha value is -0.650. The summed E-state index contributed by atoms with van der Waals surface area (Å²) < 4.78 is 0. The van der Waals surface area contributed by atoms with E-state index >= 15 is 0 Å². The molecule has 17 heavy (non-hydrogen) atoms. The monoisotopic (exact) mass is 244 g/mol. The molecule has 1 saturated carbocycles. The van der Waals surface area contributed by atoms with E-state index in [2.05, 4.69) is 0 Å². The molecule has 0 spiro atoms. The van der Waals surface area contributed by atoms with Crippen molar-refractivity contribution in [1.29, 1.82) is 0 Å². The van der Waals surface area contributed by atoms with Crippen molar-refractivity contribution in [2.45, 2.75) is 38.1 Å². The molecule has 0 aliphatic heterocycles. The van der Waals surface area contributed by atoms with Crippen LogP contribution in [-0.4, -0.2) is 53.4 Å². The van der Waals surface area contributed by atoms with E-state index in [0.717, 1.165) is 25.7 Å². The minimum atomic E-state index is -0.0543. The third-order valence-electron chi connectivity index (χ3n) is 3.45. The van der Waals surface area contributed by atoms with Crippen molar-refractivity contribution >= 4 is 5.91 Å². The maximum atomic E-state index is 11.9. The highest BCUT2D eigenvalue weighted by Gasteiger charge is 2.23. The van der Waals surface area contributed by atoms with Crippen LogP contribution in [0.15, 0.2) is 0 Å². The molecular formula is C12H24N2O3. The van der Waals surface area contributed by atoms with Gasteiger partial charge in [0.1, 0.15) is 0 Å². The molecule has 0 unspecified atom stereocenters. The van der Waals surface area contributed by atoms with E-state index in [1.54, 1.807) is 0 Å². The highest BCUT2D eigenvalue weighted by atomic mass is 16.3. The lowest BCUT2D eigenvalue weighted by atomic mass is 9.84. The number of hydrogen-bond acceptors (Lipinski definition) is 4. The van der Waals surface area contributed by atoms with Crippen molar-refractivity contribution in [3.8, 4) is 0 Å². The molecule has 1 amide bonds. The van der Waals surface area contributed by atoms with Crippen molar-refractivity contribution in [3.63, 3.8) is 0 Å². The van der Waals surface area contributed by atoms with Gasteiger partial charge in [-0.1, -0.05) is 0 Å². The van der Waals surface area contributed by atoms with Gasteiger partial charge < -0.3 is 20.8 Å². The van der Waals surface area contributed by atoms with Crippen LogP contribution < -0.4 is 5.73 Å². The molecule has 0 heterocycles. The normalized spacial score (nSPS) is 24.6. The van der Waals surface area contributed by atoms with E-state index in [0.29, 0.717) is 31.5 Å². The molecule has 1 rings (SSSR count). The highest BCUT2D eigenvalue weighted by Crippen LogP contribution is 2.26. The van der Waals surface area contributed by atoms with Crippen molar-refractivity contribution in [3.05, 3.63) is 0 Å². The van der Waals surface area contributed by atoms with Gasteiger partial charge in [0.15, 0.2) is 0 Å². The minimum absolute atomic E-state index is 0.0357. The molecule has 0 atom stereocenters. The van der Waals surface area contributed by atoms with E-state index in [1.807, 2.05) is 0 Å². The fourth-order valence-electron chi connectivity index (χ4n) is 2.37. The highest BCUT2D eigenvalue weighted by molar-refractivity contribution is 5.76. The summed E-state index contributed by atoms with van der Waals surface area (Å²) in [6.45, 7) is 0.514. The quantitative estimate of drug-likeness (QED) is 0.599. The van der Waals surface area contributed by atoms with Crippen molar-refractivity contribution in [1.82, 2.24) is 4.90 Å². The lowest BCUT2D eigenvalue weighted by Gasteiger charge is -2.28. The Kier molecular flexibility index (Phi) is 6.47. The largest absolute Gasteiger partial charge is 0.395 e. The maximum absolute atomic E-state index is 11.9. The zero-order valence-corrected chi connectivity index (χ0v) is 10.3. The van der Waals surface area contributed by atoms with Gasteiger partial charge in [0, 0.05) is 25.6 Å². The van der Waals surface area contributed by atoms with Crippen LogP contribution in [0, 0.1) is 5.92 Å². The van der Waals surface area contributed by atoms with E-state index in [4.69, 9.17) is 15.9 Å². The van der Waals surface area contributed by atoms with Crippen LogP contribution in [0.4, 0.5) is 0 Å². The van der Waals surface area contributed by atoms with Crippen LogP contribution >= 0.6 is 0 Å². The fraction of sp³-hybridized carbons (Fsp3) is 0.917. The number of rotatable bonds is 6. The second-order valence-electron chi connectivity index (χ2n) is 4.81. The molecule has 0 saturated heterocycles. The first kappa shape index (κ1) is 14.4. The second-order valence-corrected chi connectivity index (χ2v) is 4.81. The van der Waals surface area contributed by atoms with E-state index in [9.17, 15) is 4.79 Å². The van der Waals surface area contributed by atoms with Gasteiger partial charge in [-0.25, -0.2) is 0 Å². The summed E-state index contributed by atoms with van der Waals surface area (Å²) in [4.78, 5) is 13.5. The Morgan fingerprint density at radius 3 is 2.12 bits per heavy atom. The number of carbonyl (C=O) groups is 1. The molecule has 0 aromatic heterocycles. The number of amides is 1. The van der Waals surface area contributed by atoms with Crippen LogP contribution in [0.1, 0.15) is 32.1 Å². The van der Waals surface area contributed by atoms with Gasteiger partial charge in [-0.2, -0.15) is 0 Å². The summed E-state index contributed by atoms with van der Waals surface area (Å²) in [6, 6.07) is 0.298. The van der Waals surface area contributed by atoms with E-state index in [1.165, 1.54) is 4.90 Å². The Morgan fingerprint density at radius 1 is 1.12 bits per heavy atom. The third kappa shape index (κ3) is 5.02. The van der Waals surface area contributed by atoms with Crippen molar-refractivity contribution in [2.24, 2.45) is 11.7 Å². The van der Waals surface area contributed by atoms with Gasteiger partial charge in [-0.15, -0.1) is 0 Å². The number of aliphatic hydroxyl groups excluding tert-OH is 2. The zero-order chi connectivity index (χ0) is 12.7. The molecule has 0 aromatic rings. The summed E-state index contributed by atoms with van der Waals surface area (Å²) in [5, 5.41) is 17.7. The van der Waals surface area contributed by atoms with Crippen LogP contribution in [0.3, 0.4) is 0 Å². The molecule has 0 radical (unpaired) electrons. The van der Waals surface area contributed by atoms with Gasteiger partial charge in [0.2, 0.25) is 5.91 Å². The number of carbonyl (C=O) groups excluding carboxylic acids is 1. The lowest BCUT2D eigenvalue weighted by molar-refractivity contribution is -0.133. The standard InChI is InChI=1S/C12H24N2O3/c13-11-3-1-10(2-4-11)9-12(17)14(5-7-15)6-8-16/h10-11,15-16H,1-9,13H2. The topological polar surface area (TPSA) is 86.8 Å². The molecule has 100 valence electrons. The third-order valence-corrected chi connectivity index (χ3v) is 3.45. The Morgan fingerprint density at radius 2 is 1.65 bits per heavy atom. The van der Waals surface area contributed by atoms with Gasteiger partial charge in [-0.05, 0) is 31.6 Å². The smallest absolute Gasteiger partial charge is 0.223 e. The first-order chi connectivity index (χ1) is 8.17. The maximum Gasteiger partial charge on any atom is 0.223 e. The molecule has 1 fully saturated rings. The van der Waals surface area contributed by atoms with E-state index < -0.39 is 0 Å². The zero-order valence-electron chi connectivity index (χ0n) is 10.3. The van der Waals surface area contributed by atoms with E-state index in [-0.39, 0.29) is 19.1 Å². The molecule has 5 nitrogen and oxygen atoms in total. The number of aliphatic hydroxyl groups is 2. The average molecular weight is 244 g/mol. The number of nitrogens with zero attached hydrogens (tertiary/aromatic N) is 1. The Balaban J connectivity index is 2.35. The Labute approximate surface area is 103 Å². The van der Waals surface area contributed by atoms with Gasteiger partial charge in [-0.3, -0.25) is 4.79 Å². The van der Waals surface area contributed by atoms with Gasteiger partial charge >= 0.3 is 0 Å². The number of hydrogen-bond donors (Lipinski definition) is 3. The molecular weight excluding hydrogens is 220 g/mol. The van der Waals surface area contributed by atoms with Crippen LogP contribution in [0.5, 0.6) is 0 Å². The summed E-state index contributed by atoms with van der Waals surface area (Å²) in [7, 11) is 0. The lowest BCUT2D eigenvalue weighted by Crippen LogP contribution is -2.37. The molecule has 0 aromatic carbocycles.